The zero-order chi connectivity index (χ0) is 31.5. The quantitative estimate of drug-likeness (QED) is 0.239. The van der Waals surface area contributed by atoms with Crippen molar-refractivity contribution in [1.82, 2.24) is 0 Å². The number of rotatable bonds is 8. The fourth-order valence-corrected chi connectivity index (χ4v) is 5.96. The second-order valence-electron chi connectivity index (χ2n) is 10.8. The van der Waals surface area contributed by atoms with Gasteiger partial charge in [0, 0.05) is 17.8 Å². The highest BCUT2D eigenvalue weighted by atomic mass is 16.8. The fourth-order valence-electron chi connectivity index (χ4n) is 5.96. The first-order valence-electron chi connectivity index (χ1n) is 14.1. The normalized spacial score (nSPS) is 34.6. The molecular weight excluding hydrogens is 580 g/mol. The monoisotopic (exact) mass is 614 g/mol. The van der Waals surface area contributed by atoms with Gasteiger partial charge in [0.25, 0.3) is 0 Å². The summed E-state index contributed by atoms with van der Waals surface area (Å²) in [5, 5.41) is 40.7. The van der Waals surface area contributed by atoms with Crippen LogP contribution in [0, 0.1) is 17.8 Å². The lowest BCUT2D eigenvalue weighted by Crippen LogP contribution is -2.60. The molecule has 4 N–H and O–H groups in total. The van der Waals surface area contributed by atoms with Gasteiger partial charge in [-0.15, -0.1) is 0 Å². The maximum atomic E-state index is 13.3. The van der Waals surface area contributed by atoms with E-state index in [1.165, 1.54) is 7.11 Å². The third-order valence-electron chi connectivity index (χ3n) is 8.26. The molecule has 2 aromatic rings. The van der Waals surface area contributed by atoms with Gasteiger partial charge in [-0.3, -0.25) is 0 Å². The maximum Gasteiger partial charge on any atom is 0.338 e. The van der Waals surface area contributed by atoms with Gasteiger partial charge in [0.15, 0.2) is 6.29 Å². The molecule has 0 bridgehead atoms. The van der Waals surface area contributed by atoms with Gasteiger partial charge in [-0.1, -0.05) is 43.3 Å². The minimum absolute atomic E-state index is 0.0119. The van der Waals surface area contributed by atoms with Crippen LogP contribution in [-0.2, 0) is 33.2 Å². The lowest BCUT2D eigenvalue weighted by molar-refractivity contribution is -0.343. The van der Waals surface area contributed by atoms with E-state index in [9.17, 15) is 34.8 Å². The maximum absolute atomic E-state index is 13.3. The Morgan fingerprint density at radius 3 is 1.89 bits per heavy atom. The Hall–Kier alpha value is -3.85. The summed E-state index contributed by atoms with van der Waals surface area (Å²) < 4.78 is 34.2. The van der Waals surface area contributed by atoms with Crippen molar-refractivity contribution in [1.29, 1.82) is 0 Å². The van der Waals surface area contributed by atoms with Crippen molar-refractivity contribution in [3.8, 4) is 0 Å². The van der Waals surface area contributed by atoms with Crippen LogP contribution < -0.4 is 0 Å². The van der Waals surface area contributed by atoms with Crippen molar-refractivity contribution in [3.63, 3.8) is 0 Å². The van der Waals surface area contributed by atoms with Crippen molar-refractivity contribution in [3.05, 3.63) is 83.6 Å². The van der Waals surface area contributed by atoms with Gasteiger partial charge in [-0.2, -0.15) is 0 Å². The van der Waals surface area contributed by atoms with Crippen molar-refractivity contribution in [2.24, 2.45) is 17.8 Å². The van der Waals surface area contributed by atoms with E-state index in [0.29, 0.717) is 0 Å². The van der Waals surface area contributed by atoms with Crippen LogP contribution in [0.25, 0.3) is 0 Å². The Morgan fingerprint density at radius 1 is 0.773 bits per heavy atom. The second kappa shape index (κ2) is 13.4. The SMILES string of the molecule is COC(=O)C1=CO[C@H](O[C@@H]2O[C@H](CO)[C@@H](O)[C@@H](O)[C@H]2O)[C@H]2[C@@H](C)[C@H](OC(=O)c3ccccc3)[C@@H](OC(=O)c3ccccc3)[C@H]12. The third kappa shape index (κ3) is 6.07. The molecule has 3 aliphatic rings. The van der Waals surface area contributed by atoms with Crippen LogP contribution in [0.15, 0.2) is 72.5 Å². The molecule has 1 saturated carbocycles. The van der Waals surface area contributed by atoms with E-state index in [4.69, 9.17) is 28.4 Å². The highest BCUT2D eigenvalue weighted by Crippen LogP contribution is 2.50. The average molecular weight is 615 g/mol. The fraction of sp³-hybridized carbons (Fsp3) is 0.452. The number of carbonyl (C=O) groups is 3. The Kier molecular flexibility index (Phi) is 9.63. The first-order valence-corrected chi connectivity index (χ1v) is 14.1. The number of fused-ring (bicyclic) bond motifs is 1. The van der Waals surface area contributed by atoms with Crippen LogP contribution in [0.2, 0.25) is 0 Å². The van der Waals surface area contributed by atoms with Crippen molar-refractivity contribution >= 4 is 17.9 Å². The summed E-state index contributed by atoms with van der Waals surface area (Å²) >= 11 is 0. The summed E-state index contributed by atoms with van der Waals surface area (Å²) in [5.74, 6) is -4.74. The lowest BCUT2D eigenvalue weighted by Gasteiger charge is -2.43. The largest absolute Gasteiger partial charge is 0.472 e. The Morgan fingerprint density at radius 2 is 1.34 bits per heavy atom. The Balaban J connectivity index is 1.51. The number of carbonyl (C=O) groups excluding carboxylic acids is 3. The molecule has 44 heavy (non-hydrogen) atoms. The molecule has 236 valence electrons. The number of hydrogen-bond donors (Lipinski definition) is 4. The van der Waals surface area contributed by atoms with Crippen molar-refractivity contribution in [2.75, 3.05) is 13.7 Å². The number of esters is 3. The summed E-state index contributed by atoms with van der Waals surface area (Å²) in [6.07, 6.45) is -10.4. The number of aliphatic hydroxyl groups excluding tert-OH is 4. The summed E-state index contributed by atoms with van der Waals surface area (Å²) in [7, 11) is 1.17. The molecule has 0 amide bonds. The van der Waals surface area contributed by atoms with E-state index in [0.717, 1.165) is 6.26 Å². The van der Waals surface area contributed by atoms with E-state index >= 15 is 0 Å². The van der Waals surface area contributed by atoms with Crippen LogP contribution in [0.1, 0.15) is 27.6 Å². The molecule has 0 spiro atoms. The molecule has 13 nitrogen and oxygen atoms in total. The Labute approximate surface area is 252 Å². The molecule has 0 aromatic heterocycles. The molecule has 0 radical (unpaired) electrons. The molecule has 0 unspecified atom stereocenters. The smallest absolute Gasteiger partial charge is 0.338 e. The van der Waals surface area contributed by atoms with Gasteiger partial charge < -0.3 is 48.8 Å². The van der Waals surface area contributed by atoms with Gasteiger partial charge in [-0.25, -0.2) is 14.4 Å². The summed E-state index contributed by atoms with van der Waals surface area (Å²) in [5.41, 5.74) is 0.459. The first kappa shape index (κ1) is 31.6. The predicted octanol–water partition coefficient (Wildman–Crippen LogP) is 0.549. The van der Waals surface area contributed by atoms with Gasteiger partial charge in [0.1, 0.15) is 36.6 Å². The molecule has 2 aliphatic heterocycles. The molecule has 1 saturated heterocycles. The topological polar surface area (TPSA) is 188 Å². The molecular formula is C31H34O13. The highest BCUT2D eigenvalue weighted by molar-refractivity contribution is 5.91. The summed E-state index contributed by atoms with van der Waals surface area (Å²) in [4.78, 5) is 39.5. The van der Waals surface area contributed by atoms with Gasteiger partial charge in [0.2, 0.25) is 6.29 Å². The minimum Gasteiger partial charge on any atom is -0.472 e. The van der Waals surface area contributed by atoms with Crippen molar-refractivity contribution in [2.45, 2.75) is 56.1 Å². The zero-order valence-electron chi connectivity index (χ0n) is 23.9. The number of ether oxygens (including phenoxy) is 6. The molecule has 2 aromatic carbocycles. The van der Waals surface area contributed by atoms with E-state index in [1.807, 2.05) is 0 Å². The zero-order valence-corrected chi connectivity index (χ0v) is 23.9. The third-order valence-corrected chi connectivity index (χ3v) is 8.26. The minimum atomic E-state index is -1.74. The van der Waals surface area contributed by atoms with Gasteiger partial charge >= 0.3 is 17.9 Å². The standard InChI is InChI=1S/C31H34O13/c1-15-20-21(18(29(38)39-2)14-40-30(20)44-31-24(35)23(34)22(33)19(13-32)41-31)26(43-28(37)17-11-7-4-8-12-17)25(15)42-27(36)16-9-5-3-6-10-16/h3-12,14-15,19-26,30-35H,13H2,1-2H3/t15-,19-,20+,21-,22-,23-,24-,25+,26+,30-,31+/m1/s1. The van der Waals surface area contributed by atoms with Gasteiger partial charge in [0.05, 0.1) is 36.7 Å². The van der Waals surface area contributed by atoms with Crippen LogP contribution in [-0.4, -0.2) is 101 Å². The molecule has 2 heterocycles. The van der Waals surface area contributed by atoms with Crippen LogP contribution >= 0.6 is 0 Å². The first-order chi connectivity index (χ1) is 21.2. The van der Waals surface area contributed by atoms with E-state index in [1.54, 1.807) is 67.6 Å². The molecule has 13 heteroatoms. The number of aliphatic hydroxyl groups is 4. The van der Waals surface area contributed by atoms with E-state index in [2.05, 4.69) is 0 Å². The van der Waals surface area contributed by atoms with Crippen LogP contribution in [0.3, 0.4) is 0 Å². The van der Waals surface area contributed by atoms with Crippen LogP contribution in [0.5, 0.6) is 0 Å². The average Bonchev–Trinajstić information content (AvgIpc) is 3.32. The lowest BCUT2D eigenvalue weighted by atomic mass is 9.82. The number of methoxy groups -OCH3 is 1. The Bertz CT molecular complexity index is 1350. The van der Waals surface area contributed by atoms with Crippen LogP contribution in [0.4, 0.5) is 0 Å². The highest BCUT2D eigenvalue weighted by Gasteiger charge is 2.61. The van der Waals surface area contributed by atoms with Crippen molar-refractivity contribution < 1.29 is 63.2 Å². The summed E-state index contributed by atoms with van der Waals surface area (Å²) in [6.45, 7) is 1.02. The molecule has 2 fully saturated rings. The second-order valence-corrected chi connectivity index (χ2v) is 10.8. The van der Waals surface area contributed by atoms with E-state index < -0.39 is 91.5 Å². The van der Waals surface area contributed by atoms with Gasteiger partial charge in [-0.05, 0) is 24.3 Å². The predicted molar refractivity (Wildman–Crippen MR) is 147 cm³/mol. The molecule has 1 aliphatic carbocycles. The number of hydrogen-bond acceptors (Lipinski definition) is 13. The molecule has 11 atom stereocenters. The van der Waals surface area contributed by atoms with E-state index in [-0.39, 0.29) is 16.7 Å². The molecule has 5 rings (SSSR count). The number of benzene rings is 2. The summed E-state index contributed by atoms with van der Waals surface area (Å²) in [6, 6.07) is 16.3.